The second kappa shape index (κ2) is 5.58. The maximum Gasteiger partial charge on any atom is 0.124 e. The maximum absolute atomic E-state index is 5.75. The van der Waals surface area contributed by atoms with Gasteiger partial charge in [0.05, 0.1) is 13.2 Å². The smallest absolute Gasteiger partial charge is 0.124 e. The second-order valence-corrected chi connectivity index (χ2v) is 3.93. The van der Waals surface area contributed by atoms with Crippen LogP contribution in [-0.4, -0.2) is 13.2 Å². The molecule has 2 heteroatoms. The van der Waals surface area contributed by atoms with E-state index < -0.39 is 0 Å². The molecule has 1 unspecified atom stereocenters. The molecule has 0 heterocycles. The minimum Gasteiger partial charge on any atom is -0.496 e. The minimum absolute atomic E-state index is 0.0392. The molecule has 0 radical (unpaired) electrons. The van der Waals surface area contributed by atoms with Gasteiger partial charge in [0.2, 0.25) is 0 Å². The van der Waals surface area contributed by atoms with Crippen molar-refractivity contribution >= 4 is 0 Å². The lowest BCUT2D eigenvalue weighted by atomic mass is 10.1. The number of rotatable bonds is 2. The molecule has 1 aromatic carbocycles. The van der Waals surface area contributed by atoms with Gasteiger partial charge in [-0.3, -0.25) is 0 Å². The molecule has 0 aromatic heterocycles. The summed E-state index contributed by atoms with van der Waals surface area (Å²) in [5, 5.41) is 0. The number of ether oxygens (including phenoxy) is 1. The third-order valence-electron chi connectivity index (χ3n) is 2.51. The Labute approximate surface area is 97.8 Å². The molecule has 1 atom stereocenters. The first kappa shape index (κ1) is 12.6. The zero-order chi connectivity index (χ0) is 12.1. The monoisotopic (exact) mass is 217 g/mol. The van der Waals surface area contributed by atoms with E-state index in [0.29, 0.717) is 0 Å². The van der Waals surface area contributed by atoms with Gasteiger partial charge in [-0.2, -0.15) is 0 Å². The molecule has 16 heavy (non-hydrogen) atoms. The van der Waals surface area contributed by atoms with Crippen molar-refractivity contribution in [3.63, 3.8) is 0 Å². The third-order valence-corrected chi connectivity index (χ3v) is 2.51. The molecule has 0 aliphatic rings. The van der Waals surface area contributed by atoms with Crippen LogP contribution in [0.1, 0.15) is 30.0 Å². The topological polar surface area (TPSA) is 35.2 Å². The first-order valence-corrected chi connectivity index (χ1v) is 5.50. The zero-order valence-corrected chi connectivity index (χ0v) is 10.4. The molecule has 0 fully saturated rings. The molecule has 0 saturated heterocycles. The van der Waals surface area contributed by atoms with Gasteiger partial charge >= 0.3 is 0 Å². The third kappa shape index (κ3) is 3.01. The Morgan fingerprint density at radius 1 is 1.31 bits per heavy atom. The SMILES string of the molecule is CCC(N)C#Cc1cc(C)c(OC)c(C)c1. The Morgan fingerprint density at radius 3 is 2.31 bits per heavy atom. The number of hydrogen-bond donors (Lipinski definition) is 1. The highest BCUT2D eigenvalue weighted by molar-refractivity contribution is 5.48. The number of aryl methyl sites for hydroxylation is 2. The van der Waals surface area contributed by atoms with Crippen LogP contribution in [-0.2, 0) is 0 Å². The molecule has 86 valence electrons. The Hall–Kier alpha value is -1.46. The van der Waals surface area contributed by atoms with Crippen molar-refractivity contribution in [2.75, 3.05) is 7.11 Å². The fourth-order valence-corrected chi connectivity index (χ4v) is 1.62. The van der Waals surface area contributed by atoms with E-state index in [0.717, 1.165) is 28.9 Å². The molecular weight excluding hydrogens is 198 g/mol. The molecule has 1 rings (SSSR count). The predicted molar refractivity (Wildman–Crippen MR) is 67.6 cm³/mol. The molecule has 2 nitrogen and oxygen atoms in total. The van der Waals surface area contributed by atoms with Gasteiger partial charge in [-0.05, 0) is 43.5 Å². The standard InChI is InChI=1S/C14H19NO/c1-5-13(15)7-6-12-8-10(2)14(16-4)11(3)9-12/h8-9,13H,5,15H2,1-4H3. The van der Waals surface area contributed by atoms with Crippen LogP contribution in [0, 0.1) is 25.7 Å². The Bertz CT molecular complexity index is 403. The number of nitrogens with two attached hydrogens (primary N) is 1. The van der Waals surface area contributed by atoms with Gasteiger partial charge in [0.1, 0.15) is 5.75 Å². The fourth-order valence-electron chi connectivity index (χ4n) is 1.62. The van der Waals surface area contributed by atoms with Gasteiger partial charge in [0.15, 0.2) is 0 Å². The van der Waals surface area contributed by atoms with E-state index in [2.05, 4.69) is 11.8 Å². The normalized spacial score (nSPS) is 11.6. The average Bonchev–Trinajstić information content (AvgIpc) is 2.25. The minimum atomic E-state index is -0.0392. The molecule has 0 bridgehead atoms. The van der Waals surface area contributed by atoms with E-state index in [1.165, 1.54) is 0 Å². The lowest BCUT2D eigenvalue weighted by molar-refractivity contribution is 0.408. The second-order valence-electron chi connectivity index (χ2n) is 3.93. The summed E-state index contributed by atoms with van der Waals surface area (Å²) >= 11 is 0. The number of methoxy groups -OCH3 is 1. The van der Waals surface area contributed by atoms with Crippen LogP contribution in [0.25, 0.3) is 0 Å². The van der Waals surface area contributed by atoms with Gasteiger partial charge in [-0.25, -0.2) is 0 Å². The first-order chi connectivity index (χ1) is 7.58. The molecule has 0 saturated carbocycles. The van der Waals surface area contributed by atoms with E-state index >= 15 is 0 Å². The zero-order valence-electron chi connectivity index (χ0n) is 10.4. The van der Waals surface area contributed by atoms with Crippen molar-refractivity contribution in [2.24, 2.45) is 5.73 Å². The van der Waals surface area contributed by atoms with E-state index in [-0.39, 0.29) is 6.04 Å². The summed E-state index contributed by atoms with van der Waals surface area (Å²) in [5.41, 5.74) is 8.97. The molecule has 0 amide bonds. The van der Waals surface area contributed by atoms with Crippen molar-refractivity contribution in [2.45, 2.75) is 33.2 Å². The average molecular weight is 217 g/mol. The maximum atomic E-state index is 5.75. The molecule has 0 spiro atoms. The van der Waals surface area contributed by atoms with E-state index in [9.17, 15) is 0 Å². The molecule has 2 N–H and O–H groups in total. The van der Waals surface area contributed by atoms with Crippen molar-refractivity contribution in [3.05, 3.63) is 28.8 Å². The molecule has 0 aliphatic carbocycles. The fraction of sp³-hybridized carbons (Fsp3) is 0.429. The highest BCUT2D eigenvalue weighted by Crippen LogP contribution is 2.23. The largest absolute Gasteiger partial charge is 0.496 e. The summed E-state index contributed by atoms with van der Waals surface area (Å²) in [6.07, 6.45) is 0.876. The van der Waals surface area contributed by atoms with Crippen LogP contribution >= 0.6 is 0 Å². The van der Waals surface area contributed by atoms with Gasteiger partial charge < -0.3 is 10.5 Å². The van der Waals surface area contributed by atoms with Crippen molar-refractivity contribution in [3.8, 4) is 17.6 Å². The van der Waals surface area contributed by atoms with Crippen molar-refractivity contribution in [1.29, 1.82) is 0 Å². The molecule has 1 aromatic rings. The summed E-state index contributed by atoms with van der Waals surface area (Å²) in [5.74, 6) is 7.06. The van der Waals surface area contributed by atoms with Crippen LogP contribution in [0.2, 0.25) is 0 Å². The number of benzene rings is 1. The van der Waals surface area contributed by atoms with Gasteiger partial charge in [-0.1, -0.05) is 18.8 Å². The van der Waals surface area contributed by atoms with E-state index in [1.807, 2.05) is 32.9 Å². The number of hydrogen-bond acceptors (Lipinski definition) is 2. The van der Waals surface area contributed by atoms with Crippen molar-refractivity contribution in [1.82, 2.24) is 0 Å². The summed E-state index contributed by atoms with van der Waals surface area (Å²) in [6, 6.07) is 4.02. The Balaban J connectivity index is 3.03. The Morgan fingerprint density at radius 2 is 1.88 bits per heavy atom. The van der Waals surface area contributed by atoms with E-state index in [4.69, 9.17) is 10.5 Å². The Kier molecular flexibility index (Phi) is 4.39. The molecular formula is C14H19NO. The highest BCUT2D eigenvalue weighted by Gasteiger charge is 2.03. The highest BCUT2D eigenvalue weighted by atomic mass is 16.5. The van der Waals surface area contributed by atoms with Gasteiger partial charge in [-0.15, -0.1) is 0 Å². The van der Waals surface area contributed by atoms with Crippen LogP contribution in [0.4, 0.5) is 0 Å². The predicted octanol–water partition coefficient (Wildman–Crippen LogP) is 2.40. The summed E-state index contributed by atoms with van der Waals surface area (Å²) in [6.45, 7) is 6.08. The first-order valence-electron chi connectivity index (χ1n) is 5.50. The summed E-state index contributed by atoms with van der Waals surface area (Å²) < 4.78 is 5.30. The quantitative estimate of drug-likeness (QED) is 0.772. The van der Waals surface area contributed by atoms with Crippen molar-refractivity contribution < 1.29 is 4.74 Å². The lowest BCUT2D eigenvalue weighted by Gasteiger charge is -2.08. The van der Waals surface area contributed by atoms with Gasteiger partial charge in [0.25, 0.3) is 0 Å². The lowest BCUT2D eigenvalue weighted by Crippen LogP contribution is -2.15. The van der Waals surface area contributed by atoms with Gasteiger partial charge in [0, 0.05) is 5.56 Å². The van der Waals surface area contributed by atoms with Crippen LogP contribution in [0.3, 0.4) is 0 Å². The molecule has 0 aliphatic heterocycles. The summed E-state index contributed by atoms with van der Waals surface area (Å²) in [7, 11) is 1.69. The van der Waals surface area contributed by atoms with E-state index in [1.54, 1.807) is 7.11 Å². The van der Waals surface area contributed by atoms with Crippen LogP contribution < -0.4 is 10.5 Å². The van der Waals surface area contributed by atoms with Crippen LogP contribution in [0.15, 0.2) is 12.1 Å². The summed E-state index contributed by atoms with van der Waals surface area (Å²) in [4.78, 5) is 0. The van der Waals surface area contributed by atoms with Crippen LogP contribution in [0.5, 0.6) is 5.75 Å².